The molecule has 0 atom stereocenters. The predicted octanol–water partition coefficient (Wildman–Crippen LogP) is 6.97. The van der Waals surface area contributed by atoms with Crippen LogP contribution in [0, 0.1) is 0 Å². The van der Waals surface area contributed by atoms with Gasteiger partial charge in [0, 0.05) is 0 Å². The summed E-state index contributed by atoms with van der Waals surface area (Å²) < 4.78 is 6.43. The van der Waals surface area contributed by atoms with Gasteiger partial charge < -0.3 is 14.9 Å². The number of hydrogen-bond donors (Lipinski definition) is 2. The highest BCUT2D eigenvalue weighted by atomic mass is 16.5. The van der Waals surface area contributed by atoms with Gasteiger partial charge in [0.2, 0.25) is 0 Å². The zero-order valence-electron chi connectivity index (χ0n) is 17.8. The second kappa shape index (κ2) is 9.54. The molecule has 2 aromatic carbocycles. The van der Waals surface area contributed by atoms with E-state index in [-0.39, 0.29) is 11.1 Å². The lowest BCUT2D eigenvalue weighted by Gasteiger charge is -2.27. The van der Waals surface area contributed by atoms with Crippen molar-refractivity contribution in [3.05, 3.63) is 58.7 Å². The standard InChI is InChI=1S/C26H30O5/c27-25(28)19-11-13-23(21(15-19)17-7-3-1-4-8-17)31-24-14-12-20(26(29)30)16-22(24)18-9-5-2-6-10-18/h11-18H,1-10H2,(H,27,28)(H,29,30). The van der Waals surface area contributed by atoms with Gasteiger partial charge in [0.25, 0.3) is 0 Å². The minimum absolute atomic E-state index is 0.279. The Balaban J connectivity index is 1.72. The summed E-state index contributed by atoms with van der Waals surface area (Å²) in [6.45, 7) is 0. The molecule has 164 valence electrons. The number of carbonyl (C=O) groups is 2. The summed E-state index contributed by atoms with van der Waals surface area (Å²) in [5.74, 6) is 0.0997. The molecule has 0 amide bonds. The van der Waals surface area contributed by atoms with Gasteiger partial charge in [-0.2, -0.15) is 0 Å². The highest BCUT2D eigenvalue weighted by molar-refractivity contribution is 5.88. The van der Waals surface area contributed by atoms with Crippen LogP contribution in [0.5, 0.6) is 11.5 Å². The van der Waals surface area contributed by atoms with Gasteiger partial charge in [0.1, 0.15) is 11.5 Å². The molecule has 2 aliphatic rings. The minimum atomic E-state index is -0.933. The molecule has 2 N–H and O–H groups in total. The maximum absolute atomic E-state index is 11.6. The normalized spacial score (nSPS) is 17.9. The molecule has 2 aromatic rings. The third kappa shape index (κ3) is 4.92. The fourth-order valence-corrected chi connectivity index (χ4v) is 5.13. The number of hydrogen-bond acceptors (Lipinski definition) is 3. The van der Waals surface area contributed by atoms with Crippen molar-refractivity contribution in [3.63, 3.8) is 0 Å². The van der Waals surface area contributed by atoms with E-state index >= 15 is 0 Å². The number of ether oxygens (including phenoxy) is 1. The molecule has 4 rings (SSSR count). The summed E-state index contributed by atoms with van der Waals surface area (Å²) in [6.07, 6.45) is 11.1. The maximum Gasteiger partial charge on any atom is 0.335 e. The van der Waals surface area contributed by atoms with Gasteiger partial charge in [0.05, 0.1) is 11.1 Å². The Kier molecular flexibility index (Phi) is 6.59. The van der Waals surface area contributed by atoms with Crippen LogP contribution in [0.1, 0.15) is 108 Å². The van der Waals surface area contributed by atoms with Crippen molar-refractivity contribution in [2.24, 2.45) is 0 Å². The maximum atomic E-state index is 11.6. The van der Waals surface area contributed by atoms with E-state index in [0.717, 1.165) is 62.5 Å². The highest BCUT2D eigenvalue weighted by Gasteiger charge is 2.24. The lowest BCUT2D eigenvalue weighted by atomic mass is 9.82. The van der Waals surface area contributed by atoms with Gasteiger partial charge in [-0.05, 0) is 85.0 Å². The first-order chi connectivity index (χ1) is 15.0. The Bertz CT molecular complexity index is 875. The van der Waals surface area contributed by atoms with Crippen molar-refractivity contribution in [1.82, 2.24) is 0 Å². The highest BCUT2D eigenvalue weighted by Crippen LogP contribution is 2.43. The van der Waals surface area contributed by atoms with E-state index in [4.69, 9.17) is 4.74 Å². The number of carboxylic acids is 2. The average molecular weight is 423 g/mol. The Morgan fingerprint density at radius 2 is 1.03 bits per heavy atom. The van der Waals surface area contributed by atoms with E-state index in [9.17, 15) is 19.8 Å². The quantitative estimate of drug-likeness (QED) is 0.525. The summed E-state index contributed by atoms with van der Waals surface area (Å²) in [6, 6.07) is 10.2. The van der Waals surface area contributed by atoms with Crippen LogP contribution < -0.4 is 4.74 Å². The van der Waals surface area contributed by atoms with Crippen LogP contribution in [-0.4, -0.2) is 22.2 Å². The third-order valence-corrected chi connectivity index (χ3v) is 6.82. The van der Waals surface area contributed by atoms with Crippen LogP contribution in [0.2, 0.25) is 0 Å². The van der Waals surface area contributed by atoms with Crippen molar-refractivity contribution in [1.29, 1.82) is 0 Å². The molecule has 2 aliphatic carbocycles. The van der Waals surface area contributed by atoms with Crippen molar-refractivity contribution in [3.8, 4) is 11.5 Å². The van der Waals surface area contributed by atoms with E-state index < -0.39 is 11.9 Å². The summed E-state index contributed by atoms with van der Waals surface area (Å²) >= 11 is 0. The SMILES string of the molecule is O=C(O)c1ccc(Oc2ccc(C(=O)O)cc2C2CCCCC2)c(C2CCCCC2)c1. The van der Waals surface area contributed by atoms with Crippen molar-refractivity contribution >= 4 is 11.9 Å². The first kappa shape index (κ1) is 21.4. The Hall–Kier alpha value is -2.82. The Morgan fingerprint density at radius 3 is 1.39 bits per heavy atom. The summed E-state index contributed by atoms with van der Waals surface area (Å²) in [4.78, 5) is 23.1. The van der Waals surface area contributed by atoms with Gasteiger partial charge in [-0.3, -0.25) is 0 Å². The van der Waals surface area contributed by atoms with Gasteiger partial charge in [-0.1, -0.05) is 38.5 Å². The molecule has 31 heavy (non-hydrogen) atoms. The molecule has 0 aromatic heterocycles. The van der Waals surface area contributed by atoms with Gasteiger partial charge in [-0.15, -0.1) is 0 Å². The monoisotopic (exact) mass is 422 g/mol. The summed E-state index contributed by atoms with van der Waals surface area (Å²) in [5.41, 5.74) is 2.47. The van der Waals surface area contributed by atoms with Crippen LogP contribution in [0.25, 0.3) is 0 Å². The molecule has 0 radical (unpaired) electrons. The molecule has 0 unspecified atom stereocenters. The second-order valence-corrected chi connectivity index (χ2v) is 8.89. The van der Waals surface area contributed by atoms with Crippen LogP contribution in [0.15, 0.2) is 36.4 Å². The van der Waals surface area contributed by atoms with Crippen LogP contribution in [-0.2, 0) is 0 Å². The summed E-state index contributed by atoms with van der Waals surface area (Å²) in [5, 5.41) is 19.0. The molecular formula is C26H30O5. The van der Waals surface area contributed by atoms with Crippen molar-refractivity contribution in [2.45, 2.75) is 76.0 Å². The largest absolute Gasteiger partial charge is 0.478 e. The molecular weight excluding hydrogens is 392 g/mol. The molecule has 0 bridgehead atoms. The zero-order chi connectivity index (χ0) is 21.8. The molecule has 5 nitrogen and oxygen atoms in total. The molecule has 5 heteroatoms. The molecule has 0 aliphatic heterocycles. The van der Waals surface area contributed by atoms with E-state index in [1.54, 1.807) is 36.4 Å². The number of rotatable bonds is 6. The molecule has 0 heterocycles. The zero-order valence-corrected chi connectivity index (χ0v) is 17.8. The lowest BCUT2D eigenvalue weighted by Crippen LogP contribution is -2.10. The smallest absolute Gasteiger partial charge is 0.335 e. The van der Waals surface area contributed by atoms with Gasteiger partial charge in [-0.25, -0.2) is 9.59 Å². The average Bonchev–Trinajstić information content (AvgIpc) is 2.80. The molecule has 2 fully saturated rings. The third-order valence-electron chi connectivity index (χ3n) is 6.82. The first-order valence-electron chi connectivity index (χ1n) is 11.5. The van der Waals surface area contributed by atoms with Crippen molar-refractivity contribution < 1.29 is 24.5 Å². The summed E-state index contributed by atoms with van der Waals surface area (Å²) in [7, 11) is 0. The Morgan fingerprint density at radius 1 is 0.645 bits per heavy atom. The van der Waals surface area contributed by atoms with E-state index in [0.29, 0.717) is 23.3 Å². The van der Waals surface area contributed by atoms with Crippen molar-refractivity contribution in [2.75, 3.05) is 0 Å². The lowest BCUT2D eigenvalue weighted by molar-refractivity contribution is 0.0686. The van der Waals surface area contributed by atoms with E-state index in [1.165, 1.54) is 12.8 Å². The Labute approximate surface area is 183 Å². The van der Waals surface area contributed by atoms with E-state index in [2.05, 4.69) is 0 Å². The fraction of sp³-hybridized carbons (Fsp3) is 0.462. The van der Waals surface area contributed by atoms with Gasteiger partial charge >= 0.3 is 11.9 Å². The number of carboxylic acid groups (broad SMARTS) is 2. The first-order valence-corrected chi connectivity index (χ1v) is 11.5. The van der Waals surface area contributed by atoms with Crippen LogP contribution >= 0.6 is 0 Å². The number of benzene rings is 2. The molecule has 0 spiro atoms. The minimum Gasteiger partial charge on any atom is -0.478 e. The molecule has 0 saturated heterocycles. The molecule has 2 saturated carbocycles. The predicted molar refractivity (Wildman–Crippen MR) is 119 cm³/mol. The van der Waals surface area contributed by atoms with Gasteiger partial charge in [0.15, 0.2) is 0 Å². The van der Waals surface area contributed by atoms with Crippen LogP contribution in [0.3, 0.4) is 0 Å². The fourth-order valence-electron chi connectivity index (χ4n) is 5.13. The topological polar surface area (TPSA) is 83.8 Å². The number of aromatic carboxylic acids is 2. The second-order valence-electron chi connectivity index (χ2n) is 8.89. The van der Waals surface area contributed by atoms with Crippen LogP contribution in [0.4, 0.5) is 0 Å². The van der Waals surface area contributed by atoms with E-state index in [1.807, 2.05) is 0 Å².